The van der Waals surface area contributed by atoms with Crippen molar-refractivity contribution in [2.45, 2.75) is 50.0 Å². The molecule has 4 rings (SSSR count). The van der Waals surface area contributed by atoms with Crippen LogP contribution < -0.4 is 10.1 Å². The smallest absolute Gasteiger partial charge is 0.433 e. The predicted octanol–water partition coefficient (Wildman–Crippen LogP) is 5.46. The largest absolute Gasteiger partial charge is 0.494 e. The van der Waals surface area contributed by atoms with E-state index in [1.54, 1.807) is 24.3 Å². The summed E-state index contributed by atoms with van der Waals surface area (Å²) in [5, 5.41) is 12.4. The number of nitrogens with zero attached hydrogens (tertiary/aromatic N) is 2. The molecule has 0 fully saturated rings. The maximum Gasteiger partial charge on any atom is 0.433 e. The zero-order valence-corrected chi connectivity index (χ0v) is 18.2. The standard InChI is InChI=1S/C24H19F6N3O2/c25-23(26,27)6-1-9-35-16-2-3-19-15(10-16)4-7-22(19)12-17(18(13-31)21(34)33-22)14-5-8-32-20(11-14)24(28,29)30/h2-3,5,8,10-11H,1,4,6-7,9,12H2,(H,33,34). The van der Waals surface area contributed by atoms with E-state index >= 15 is 0 Å². The van der Waals surface area contributed by atoms with E-state index in [-0.39, 0.29) is 36.2 Å². The molecule has 11 heteroatoms. The zero-order chi connectivity index (χ0) is 25.4. The Bertz CT molecular complexity index is 1230. The van der Waals surface area contributed by atoms with E-state index in [2.05, 4.69) is 10.3 Å². The van der Waals surface area contributed by atoms with Crippen molar-refractivity contribution < 1.29 is 35.9 Å². The molecular weight excluding hydrogens is 476 g/mol. The van der Waals surface area contributed by atoms with E-state index in [4.69, 9.17) is 4.74 Å². The summed E-state index contributed by atoms with van der Waals surface area (Å²) < 4.78 is 82.0. The first-order chi connectivity index (χ1) is 16.4. The second kappa shape index (κ2) is 8.91. The van der Waals surface area contributed by atoms with Gasteiger partial charge in [0.25, 0.3) is 5.91 Å². The highest BCUT2D eigenvalue weighted by Gasteiger charge is 2.45. The van der Waals surface area contributed by atoms with E-state index in [0.717, 1.165) is 23.4 Å². The average Bonchev–Trinajstić information content (AvgIpc) is 3.12. The van der Waals surface area contributed by atoms with Gasteiger partial charge in [0.1, 0.15) is 23.1 Å². The van der Waals surface area contributed by atoms with Crippen LogP contribution >= 0.6 is 0 Å². The van der Waals surface area contributed by atoms with Crippen LogP contribution in [-0.2, 0) is 22.9 Å². The lowest BCUT2D eigenvalue weighted by atomic mass is 9.78. The van der Waals surface area contributed by atoms with E-state index in [0.29, 0.717) is 18.6 Å². The van der Waals surface area contributed by atoms with Gasteiger partial charge in [0.15, 0.2) is 0 Å². The van der Waals surface area contributed by atoms with Crippen LogP contribution in [-0.4, -0.2) is 23.7 Å². The first kappa shape index (κ1) is 24.6. The number of halogens is 6. The summed E-state index contributed by atoms with van der Waals surface area (Å²) in [6, 6.07) is 8.95. The molecule has 35 heavy (non-hydrogen) atoms. The van der Waals surface area contributed by atoms with E-state index in [9.17, 15) is 36.4 Å². The molecule has 1 aliphatic heterocycles. The number of aryl methyl sites for hydroxylation is 1. The van der Waals surface area contributed by atoms with Crippen molar-refractivity contribution in [2.24, 2.45) is 0 Å². The third-order valence-corrected chi connectivity index (χ3v) is 6.16. The molecule has 1 amide bonds. The number of carbonyl (C=O) groups is 1. The van der Waals surface area contributed by atoms with Crippen molar-refractivity contribution in [2.75, 3.05) is 6.61 Å². The van der Waals surface area contributed by atoms with Gasteiger partial charge in [0, 0.05) is 19.0 Å². The van der Waals surface area contributed by atoms with Gasteiger partial charge in [-0.2, -0.15) is 31.6 Å². The fraction of sp³-hybridized carbons (Fsp3) is 0.375. The zero-order valence-electron chi connectivity index (χ0n) is 18.2. The van der Waals surface area contributed by atoms with Crippen LogP contribution in [0.15, 0.2) is 42.1 Å². The molecule has 2 aliphatic rings. The Morgan fingerprint density at radius 1 is 1.14 bits per heavy atom. The number of pyridine rings is 1. The predicted molar refractivity (Wildman–Crippen MR) is 112 cm³/mol. The maximum absolute atomic E-state index is 13.2. The molecule has 2 heterocycles. The van der Waals surface area contributed by atoms with Gasteiger partial charge in [-0.3, -0.25) is 9.78 Å². The molecule has 184 valence electrons. The van der Waals surface area contributed by atoms with Gasteiger partial charge in [-0.25, -0.2) is 0 Å². The van der Waals surface area contributed by atoms with Gasteiger partial charge in [0.2, 0.25) is 0 Å². The second-order valence-electron chi connectivity index (χ2n) is 8.49. The molecule has 1 N–H and O–H groups in total. The summed E-state index contributed by atoms with van der Waals surface area (Å²) in [6.45, 7) is -0.109. The second-order valence-corrected chi connectivity index (χ2v) is 8.49. The topological polar surface area (TPSA) is 75.0 Å². The Morgan fingerprint density at radius 3 is 2.60 bits per heavy atom. The van der Waals surface area contributed by atoms with E-state index < -0.39 is 35.9 Å². The molecule has 5 nitrogen and oxygen atoms in total. The van der Waals surface area contributed by atoms with Crippen LogP contribution in [0, 0.1) is 11.3 Å². The minimum Gasteiger partial charge on any atom is -0.494 e. The number of rotatable bonds is 5. The Hall–Kier alpha value is -3.55. The highest BCUT2D eigenvalue weighted by atomic mass is 19.4. The number of fused-ring (bicyclic) bond motifs is 2. The number of benzene rings is 1. The summed E-state index contributed by atoms with van der Waals surface area (Å²) in [7, 11) is 0. The van der Waals surface area contributed by atoms with E-state index in [1.165, 1.54) is 6.07 Å². The molecule has 1 aromatic carbocycles. The lowest BCUT2D eigenvalue weighted by Gasteiger charge is -2.37. The summed E-state index contributed by atoms with van der Waals surface area (Å²) in [4.78, 5) is 16.2. The molecule has 0 saturated carbocycles. The first-order valence-corrected chi connectivity index (χ1v) is 10.7. The normalized spacial score (nSPS) is 20.0. The number of amides is 1. The van der Waals surface area contributed by atoms with Crippen molar-refractivity contribution in [3.63, 3.8) is 0 Å². The van der Waals surface area contributed by atoms with Gasteiger partial charge >= 0.3 is 12.4 Å². The highest BCUT2D eigenvalue weighted by Crippen LogP contribution is 2.47. The number of hydrogen-bond acceptors (Lipinski definition) is 4. The molecule has 1 spiro atoms. The fourth-order valence-electron chi connectivity index (χ4n) is 4.58. The molecular formula is C24H19F6N3O2. The minimum atomic E-state index is -4.69. The third kappa shape index (κ3) is 5.11. The SMILES string of the molecule is N#CC1=C(c2ccnc(C(F)(F)F)c2)CC2(CCc3cc(OCCCC(F)(F)F)ccc32)NC1=O. The van der Waals surface area contributed by atoms with Crippen LogP contribution in [0.4, 0.5) is 26.3 Å². The lowest BCUT2D eigenvalue weighted by Crippen LogP contribution is -2.48. The summed E-state index contributed by atoms with van der Waals surface area (Å²) in [6.07, 6.45) is -8.04. The fourth-order valence-corrected chi connectivity index (χ4v) is 4.58. The number of hydrogen-bond donors (Lipinski definition) is 1. The van der Waals surface area contributed by atoms with Crippen molar-refractivity contribution in [3.8, 4) is 11.8 Å². The van der Waals surface area contributed by atoms with Gasteiger partial charge in [-0.15, -0.1) is 0 Å². The van der Waals surface area contributed by atoms with Gasteiger partial charge in [0.05, 0.1) is 12.1 Å². The number of nitriles is 1. The maximum atomic E-state index is 13.2. The van der Waals surface area contributed by atoms with Crippen LogP contribution in [0.25, 0.3) is 5.57 Å². The molecule has 1 aliphatic carbocycles. The molecule has 1 atom stereocenters. The van der Waals surface area contributed by atoms with Gasteiger partial charge < -0.3 is 10.1 Å². The van der Waals surface area contributed by atoms with Crippen LogP contribution in [0.2, 0.25) is 0 Å². The summed E-state index contributed by atoms with van der Waals surface area (Å²) in [5.74, 6) is -0.290. The number of aromatic nitrogens is 1. The number of alkyl halides is 6. The van der Waals surface area contributed by atoms with Crippen LogP contribution in [0.3, 0.4) is 0 Å². The Balaban J connectivity index is 1.61. The molecule has 1 unspecified atom stereocenters. The van der Waals surface area contributed by atoms with Crippen molar-refractivity contribution >= 4 is 11.5 Å². The third-order valence-electron chi connectivity index (χ3n) is 6.16. The van der Waals surface area contributed by atoms with Crippen molar-refractivity contribution in [3.05, 3.63) is 64.5 Å². The Labute approximate surface area is 196 Å². The molecule has 0 bridgehead atoms. The quantitative estimate of drug-likeness (QED) is 0.442. The van der Waals surface area contributed by atoms with Crippen LogP contribution in [0.5, 0.6) is 5.75 Å². The number of nitrogens with one attached hydrogen (secondary N) is 1. The Morgan fingerprint density at radius 2 is 1.91 bits per heavy atom. The van der Waals surface area contributed by atoms with Crippen LogP contribution in [0.1, 0.15) is 48.1 Å². The number of ether oxygens (including phenoxy) is 1. The minimum absolute atomic E-state index is 0.0937. The average molecular weight is 495 g/mol. The summed E-state index contributed by atoms with van der Waals surface area (Å²) in [5.41, 5.74) is -0.483. The van der Waals surface area contributed by atoms with E-state index in [1.807, 2.05) is 0 Å². The van der Waals surface area contributed by atoms with Gasteiger partial charge in [-0.1, -0.05) is 6.07 Å². The lowest BCUT2D eigenvalue weighted by molar-refractivity contribution is -0.141. The first-order valence-electron chi connectivity index (χ1n) is 10.7. The number of carbonyl (C=O) groups excluding carboxylic acids is 1. The molecule has 1 aromatic heterocycles. The van der Waals surface area contributed by atoms with Crippen molar-refractivity contribution in [1.82, 2.24) is 10.3 Å². The van der Waals surface area contributed by atoms with Crippen molar-refractivity contribution in [1.29, 1.82) is 5.26 Å². The van der Waals surface area contributed by atoms with Gasteiger partial charge in [-0.05, 0) is 65.8 Å². The summed E-state index contributed by atoms with van der Waals surface area (Å²) >= 11 is 0. The monoisotopic (exact) mass is 495 g/mol. The highest BCUT2D eigenvalue weighted by molar-refractivity contribution is 6.07. The Kier molecular flexibility index (Phi) is 6.25. The molecule has 0 radical (unpaired) electrons. The molecule has 0 saturated heterocycles. The molecule has 2 aromatic rings.